The van der Waals surface area contributed by atoms with E-state index in [4.69, 9.17) is 0 Å². The number of fused-ring (bicyclic) bond motifs is 3. The van der Waals surface area contributed by atoms with Crippen LogP contribution in [0.5, 0.6) is 0 Å². The molecule has 3 heteroatoms. The second kappa shape index (κ2) is 6.80. The van der Waals surface area contributed by atoms with Crippen LogP contribution in [0.4, 0.5) is 0 Å². The molecule has 0 spiro atoms. The molecule has 1 aromatic carbocycles. The quantitative estimate of drug-likeness (QED) is 0.408. The van der Waals surface area contributed by atoms with Crippen LogP contribution in [0.25, 0.3) is 27.6 Å². The van der Waals surface area contributed by atoms with Crippen molar-refractivity contribution in [3.8, 4) is 5.82 Å². The number of rotatable bonds is 5. The van der Waals surface area contributed by atoms with E-state index < -0.39 is 0 Å². The summed E-state index contributed by atoms with van der Waals surface area (Å²) < 4.78 is 2.23. The van der Waals surface area contributed by atoms with Crippen molar-refractivity contribution in [1.29, 1.82) is 0 Å². The molecule has 0 radical (unpaired) electrons. The summed E-state index contributed by atoms with van der Waals surface area (Å²) in [5.74, 6) is 1.46. The Balaban J connectivity index is 1.89. The molecule has 0 saturated carbocycles. The zero-order chi connectivity index (χ0) is 19.0. The van der Waals surface area contributed by atoms with Crippen LogP contribution >= 0.6 is 0 Å². The molecule has 0 aliphatic carbocycles. The maximum absolute atomic E-state index is 4.58. The average molecular weight is 358 g/mol. The molecule has 0 N–H and O–H groups in total. The Hall–Kier alpha value is -2.68. The van der Waals surface area contributed by atoms with Crippen LogP contribution in [0.1, 0.15) is 52.0 Å². The van der Waals surface area contributed by atoms with E-state index in [9.17, 15) is 0 Å². The number of hydrogen-bond acceptors (Lipinski definition) is 2. The van der Waals surface area contributed by atoms with Gasteiger partial charge in [0.15, 0.2) is 0 Å². The van der Waals surface area contributed by atoms with Crippen LogP contribution in [-0.4, -0.2) is 14.5 Å². The lowest BCUT2D eigenvalue weighted by Gasteiger charge is -2.27. The van der Waals surface area contributed by atoms with Crippen LogP contribution < -0.4 is 0 Å². The Morgan fingerprint density at radius 2 is 1.81 bits per heavy atom. The molecular weight excluding hydrogens is 330 g/mol. The second-order valence-electron chi connectivity index (χ2n) is 8.32. The van der Waals surface area contributed by atoms with Gasteiger partial charge in [-0.05, 0) is 53.6 Å². The topological polar surface area (TPSA) is 30.7 Å². The molecule has 0 aliphatic rings. The highest BCUT2D eigenvalue weighted by Crippen LogP contribution is 2.37. The van der Waals surface area contributed by atoms with Crippen LogP contribution in [0.3, 0.4) is 0 Å². The fourth-order valence-corrected chi connectivity index (χ4v) is 4.01. The zero-order valence-electron chi connectivity index (χ0n) is 16.6. The average Bonchev–Trinajstić information content (AvgIpc) is 3.02. The lowest BCUT2D eigenvalue weighted by atomic mass is 9.79. The van der Waals surface area contributed by atoms with Gasteiger partial charge in [0.05, 0.1) is 11.0 Å². The highest BCUT2D eigenvalue weighted by molar-refractivity contribution is 6.08. The molecule has 4 aromatic rings. The third-order valence-corrected chi connectivity index (χ3v) is 5.85. The molecule has 3 nitrogen and oxygen atoms in total. The van der Waals surface area contributed by atoms with Crippen molar-refractivity contribution in [3.05, 3.63) is 66.6 Å². The predicted octanol–water partition coefficient (Wildman–Crippen LogP) is 6.50. The molecule has 0 aliphatic heterocycles. The highest BCUT2D eigenvalue weighted by atomic mass is 15.1. The molecule has 138 valence electrons. The molecule has 0 bridgehead atoms. The minimum Gasteiger partial charge on any atom is -0.294 e. The van der Waals surface area contributed by atoms with Crippen LogP contribution in [0, 0.1) is 5.41 Å². The van der Waals surface area contributed by atoms with E-state index in [1.54, 1.807) is 0 Å². The lowest BCUT2D eigenvalue weighted by Crippen LogP contribution is -2.13. The summed E-state index contributed by atoms with van der Waals surface area (Å²) in [4.78, 5) is 8.96. The number of aromatic nitrogens is 3. The second-order valence-corrected chi connectivity index (χ2v) is 8.32. The van der Waals surface area contributed by atoms with Gasteiger partial charge in [-0.2, -0.15) is 0 Å². The molecule has 3 aromatic heterocycles. The van der Waals surface area contributed by atoms with E-state index in [0.717, 1.165) is 11.3 Å². The van der Waals surface area contributed by atoms with Crippen molar-refractivity contribution < 1.29 is 0 Å². The first-order valence-electron chi connectivity index (χ1n) is 9.79. The Kier molecular flexibility index (Phi) is 4.47. The first-order chi connectivity index (χ1) is 13.0. The van der Waals surface area contributed by atoms with Gasteiger partial charge in [0.2, 0.25) is 0 Å². The summed E-state index contributed by atoms with van der Waals surface area (Å²) in [7, 11) is 0. The van der Waals surface area contributed by atoms with Gasteiger partial charge in [0.25, 0.3) is 0 Å². The van der Waals surface area contributed by atoms with Gasteiger partial charge in [0.1, 0.15) is 5.82 Å². The number of hydrogen-bond donors (Lipinski definition) is 0. The van der Waals surface area contributed by atoms with Crippen LogP contribution in [-0.2, 0) is 0 Å². The Bertz CT molecular complexity index is 1080. The molecule has 0 fully saturated rings. The molecule has 3 heterocycles. The summed E-state index contributed by atoms with van der Waals surface area (Å²) in [6.45, 7) is 9.34. The molecule has 4 rings (SSSR count). The van der Waals surface area contributed by atoms with Crippen molar-refractivity contribution in [2.45, 2.75) is 46.5 Å². The highest BCUT2D eigenvalue weighted by Gasteiger charge is 2.21. The normalized spacial score (nSPS) is 13.3. The fourth-order valence-electron chi connectivity index (χ4n) is 4.01. The van der Waals surface area contributed by atoms with Crippen molar-refractivity contribution in [2.75, 3.05) is 0 Å². The fraction of sp³-hybridized carbons (Fsp3) is 0.333. The molecule has 1 atom stereocenters. The first kappa shape index (κ1) is 17.7. The van der Waals surface area contributed by atoms with Gasteiger partial charge < -0.3 is 0 Å². The van der Waals surface area contributed by atoms with E-state index >= 15 is 0 Å². The van der Waals surface area contributed by atoms with Crippen molar-refractivity contribution in [2.24, 2.45) is 5.41 Å². The number of benzene rings is 1. The largest absolute Gasteiger partial charge is 0.294 e. The van der Waals surface area contributed by atoms with Crippen molar-refractivity contribution in [1.82, 2.24) is 14.5 Å². The van der Waals surface area contributed by atoms with Gasteiger partial charge in [0, 0.05) is 29.4 Å². The van der Waals surface area contributed by atoms with Crippen molar-refractivity contribution in [3.63, 3.8) is 0 Å². The van der Waals surface area contributed by atoms with Crippen LogP contribution in [0.2, 0.25) is 0 Å². The van der Waals surface area contributed by atoms with Crippen molar-refractivity contribution >= 4 is 21.8 Å². The third-order valence-electron chi connectivity index (χ3n) is 5.85. The summed E-state index contributed by atoms with van der Waals surface area (Å²) in [6.07, 6.45) is 8.06. The van der Waals surface area contributed by atoms with E-state index in [1.807, 2.05) is 30.7 Å². The molecule has 27 heavy (non-hydrogen) atoms. The first-order valence-corrected chi connectivity index (χ1v) is 9.79. The zero-order valence-corrected chi connectivity index (χ0v) is 16.6. The van der Waals surface area contributed by atoms with E-state index in [-0.39, 0.29) is 0 Å². The smallest absolute Gasteiger partial charge is 0.137 e. The van der Waals surface area contributed by atoms with Gasteiger partial charge in [-0.25, -0.2) is 4.98 Å². The summed E-state index contributed by atoms with van der Waals surface area (Å²) in [5, 5.41) is 2.43. The molecule has 1 unspecified atom stereocenters. The van der Waals surface area contributed by atoms with E-state index in [0.29, 0.717) is 11.3 Å². The number of nitrogens with zero attached hydrogens (tertiary/aromatic N) is 3. The Labute approximate surface area is 161 Å². The Morgan fingerprint density at radius 3 is 2.56 bits per heavy atom. The molecular formula is C24H27N3. The van der Waals surface area contributed by atoms with Gasteiger partial charge >= 0.3 is 0 Å². The Morgan fingerprint density at radius 1 is 1.00 bits per heavy atom. The lowest BCUT2D eigenvalue weighted by molar-refractivity contribution is 0.300. The minimum absolute atomic E-state index is 0.359. The van der Waals surface area contributed by atoms with Gasteiger partial charge in [-0.1, -0.05) is 46.2 Å². The molecule has 0 saturated heterocycles. The SMILES string of the molecule is CCC(C)(C)CC(C)c1ccc2c(c1)c1cnccc1n2-c1ccccn1. The van der Waals surface area contributed by atoms with Gasteiger partial charge in [-0.3, -0.25) is 9.55 Å². The maximum Gasteiger partial charge on any atom is 0.137 e. The third kappa shape index (κ3) is 3.23. The molecule has 0 amide bonds. The summed E-state index contributed by atoms with van der Waals surface area (Å²) in [5.41, 5.74) is 4.09. The predicted molar refractivity (Wildman–Crippen MR) is 113 cm³/mol. The summed E-state index contributed by atoms with van der Waals surface area (Å²) in [6, 6.07) is 15.0. The standard InChI is InChI=1S/C24H27N3/c1-5-24(3,4)15-17(2)18-9-10-21-19(14-18)20-16-25-13-11-22(20)27(21)23-8-6-7-12-26-23/h6-14,16-17H,5,15H2,1-4H3. The summed E-state index contributed by atoms with van der Waals surface area (Å²) >= 11 is 0. The monoisotopic (exact) mass is 357 g/mol. The van der Waals surface area contributed by atoms with Crippen LogP contribution in [0.15, 0.2) is 61.1 Å². The van der Waals surface area contributed by atoms with Gasteiger partial charge in [-0.15, -0.1) is 0 Å². The maximum atomic E-state index is 4.58. The van der Waals surface area contributed by atoms with E-state index in [1.165, 1.54) is 34.7 Å². The number of pyridine rings is 2. The van der Waals surface area contributed by atoms with E-state index in [2.05, 4.69) is 72.6 Å². The minimum atomic E-state index is 0.359.